The quantitative estimate of drug-likeness (QED) is 0.844. The van der Waals surface area contributed by atoms with E-state index in [1.54, 1.807) is 14.0 Å². The van der Waals surface area contributed by atoms with Crippen LogP contribution in [0.25, 0.3) is 0 Å². The van der Waals surface area contributed by atoms with Crippen LogP contribution in [0.4, 0.5) is 8.78 Å². The van der Waals surface area contributed by atoms with Crippen LogP contribution in [-0.4, -0.2) is 30.6 Å². The smallest absolute Gasteiger partial charge is 0.251 e. The highest BCUT2D eigenvalue weighted by Gasteiger charge is 2.29. The van der Waals surface area contributed by atoms with Crippen LogP contribution in [0, 0.1) is 11.6 Å². The summed E-state index contributed by atoms with van der Waals surface area (Å²) in [4.78, 5) is 13.7. The van der Waals surface area contributed by atoms with Gasteiger partial charge in [0.25, 0.3) is 5.91 Å². The highest BCUT2D eigenvalue weighted by atomic mass is 19.2. The molecule has 0 radical (unpaired) electrons. The molecular weight excluding hydrogens is 252 g/mol. The fourth-order valence-corrected chi connectivity index (χ4v) is 2.19. The zero-order valence-corrected chi connectivity index (χ0v) is 11.0. The first-order chi connectivity index (χ1) is 9.00. The molecule has 104 valence electrons. The molecule has 5 heteroatoms. The van der Waals surface area contributed by atoms with Crippen molar-refractivity contribution in [3.63, 3.8) is 0 Å². The first-order valence-corrected chi connectivity index (χ1v) is 6.34. The van der Waals surface area contributed by atoms with E-state index in [1.807, 2.05) is 0 Å². The summed E-state index contributed by atoms with van der Waals surface area (Å²) in [6.07, 6.45) is 1.19. The van der Waals surface area contributed by atoms with Gasteiger partial charge in [-0.3, -0.25) is 4.79 Å². The summed E-state index contributed by atoms with van der Waals surface area (Å²) in [6.45, 7) is 2.38. The van der Waals surface area contributed by atoms with Crippen molar-refractivity contribution < 1.29 is 18.3 Å². The highest BCUT2D eigenvalue weighted by molar-refractivity contribution is 5.81. The van der Waals surface area contributed by atoms with Gasteiger partial charge in [0.05, 0.1) is 6.04 Å². The van der Waals surface area contributed by atoms with Gasteiger partial charge in [-0.1, -0.05) is 6.07 Å². The van der Waals surface area contributed by atoms with Gasteiger partial charge >= 0.3 is 0 Å². The van der Waals surface area contributed by atoms with Crippen LogP contribution in [0.2, 0.25) is 0 Å². The first-order valence-electron chi connectivity index (χ1n) is 6.34. The van der Waals surface area contributed by atoms with Gasteiger partial charge in [-0.25, -0.2) is 8.78 Å². The Morgan fingerprint density at radius 1 is 1.42 bits per heavy atom. The molecule has 0 aliphatic carbocycles. The Hall–Kier alpha value is -1.49. The number of likely N-dealkylation sites (N-methyl/N-ethyl adjacent to an activating group) is 1. The van der Waals surface area contributed by atoms with Crippen molar-refractivity contribution in [2.75, 3.05) is 13.7 Å². The van der Waals surface area contributed by atoms with Crippen LogP contribution < -0.4 is 0 Å². The number of benzene rings is 1. The number of amides is 1. The second-order valence-corrected chi connectivity index (χ2v) is 4.80. The number of carbonyl (C=O) groups is 1. The van der Waals surface area contributed by atoms with Crippen LogP contribution in [0.15, 0.2) is 18.2 Å². The number of ether oxygens (including phenoxy) is 1. The third-order valence-corrected chi connectivity index (χ3v) is 3.56. The molecule has 1 amide bonds. The van der Waals surface area contributed by atoms with Crippen LogP contribution in [0.3, 0.4) is 0 Å². The molecule has 19 heavy (non-hydrogen) atoms. The lowest BCUT2D eigenvalue weighted by Gasteiger charge is -2.27. The molecule has 0 spiro atoms. The van der Waals surface area contributed by atoms with Gasteiger partial charge < -0.3 is 9.64 Å². The topological polar surface area (TPSA) is 29.5 Å². The van der Waals surface area contributed by atoms with E-state index in [4.69, 9.17) is 4.74 Å². The molecule has 0 N–H and O–H groups in total. The Labute approximate surface area is 111 Å². The molecule has 2 unspecified atom stereocenters. The average molecular weight is 269 g/mol. The van der Waals surface area contributed by atoms with Crippen LogP contribution in [0.5, 0.6) is 0 Å². The van der Waals surface area contributed by atoms with Crippen molar-refractivity contribution in [1.82, 2.24) is 4.90 Å². The Morgan fingerprint density at radius 3 is 2.74 bits per heavy atom. The third-order valence-electron chi connectivity index (χ3n) is 3.56. The van der Waals surface area contributed by atoms with Crippen molar-refractivity contribution in [2.45, 2.75) is 31.9 Å². The van der Waals surface area contributed by atoms with Crippen molar-refractivity contribution in [3.05, 3.63) is 35.4 Å². The molecule has 1 aromatic rings. The SMILES string of the molecule is CC(c1ccc(F)c(F)c1)N(C)C(=O)C1CCCO1. The fourth-order valence-electron chi connectivity index (χ4n) is 2.19. The predicted octanol–water partition coefficient (Wildman–Crippen LogP) is 2.66. The van der Waals surface area contributed by atoms with Gasteiger partial charge in [0.2, 0.25) is 0 Å². The molecule has 0 saturated carbocycles. The minimum absolute atomic E-state index is 0.116. The molecule has 0 aromatic heterocycles. The lowest BCUT2D eigenvalue weighted by molar-refractivity contribution is -0.141. The summed E-state index contributed by atoms with van der Waals surface area (Å²) in [6, 6.07) is 3.36. The highest BCUT2D eigenvalue weighted by Crippen LogP contribution is 2.23. The Kier molecular flexibility index (Phi) is 4.14. The molecule has 1 aromatic carbocycles. The number of hydrogen-bond donors (Lipinski definition) is 0. The Bertz CT molecular complexity index is 473. The van der Waals surface area contributed by atoms with E-state index in [0.717, 1.165) is 18.6 Å². The van der Waals surface area contributed by atoms with Crippen LogP contribution in [-0.2, 0) is 9.53 Å². The average Bonchev–Trinajstić information content (AvgIpc) is 2.93. The lowest BCUT2D eigenvalue weighted by atomic mass is 10.1. The minimum Gasteiger partial charge on any atom is -0.368 e. The molecule has 1 saturated heterocycles. The predicted molar refractivity (Wildman–Crippen MR) is 66.5 cm³/mol. The van der Waals surface area contributed by atoms with E-state index >= 15 is 0 Å². The summed E-state index contributed by atoms with van der Waals surface area (Å²) in [5.41, 5.74) is 0.563. The molecule has 1 heterocycles. The summed E-state index contributed by atoms with van der Waals surface area (Å²) >= 11 is 0. The van der Waals surface area contributed by atoms with Crippen molar-refractivity contribution in [3.8, 4) is 0 Å². The normalized spacial score (nSPS) is 20.3. The number of hydrogen-bond acceptors (Lipinski definition) is 2. The minimum atomic E-state index is -0.901. The standard InChI is InChI=1S/C14H17F2NO2/c1-9(10-5-6-11(15)12(16)8-10)17(2)14(18)13-4-3-7-19-13/h5-6,8-9,13H,3-4,7H2,1-2H3. The monoisotopic (exact) mass is 269 g/mol. The fraction of sp³-hybridized carbons (Fsp3) is 0.500. The van der Waals surface area contributed by atoms with E-state index in [2.05, 4.69) is 0 Å². The summed E-state index contributed by atoms with van der Waals surface area (Å²) < 4.78 is 31.4. The second-order valence-electron chi connectivity index (χ2n) is 4.80. The van der Waals surface area contributed by atoms with Crippen molar-refractivity contribution >= 4 is 5.91 Å². The van der Waals surface area contributed by atoms with E-state index < -0.39 is 17.7 Å². The van der Waals surface area contributed by atoms with Crippen molar-refractivity contribution in [1.29, 1.82) is 0 Å². The number of halogens is 2. The Balaban J connectivity index is 2.11. The lowest BCUT2D eigenvalue weighted by Crippen LogP contribution is -2.37. The van der Waals surface area contributed by atoms with Gasteiger partial charge in [-0.2, -0.15) is 0 Å². The number of carbonyl (C=O) groups excluding carboxylic acids is 1. The van der Waals surface area contributed by atoms with Gasteiger partial charge in [0, 0.05) is 13.7 Å². The van der Waals surface area contributed by atoms with Gasteiger partial charge in [0.1, 0.15) is 6.10 Å². The largest absolute Gasteiger partial charge is 0.368 e. The summed E-state index contributed by atoms with van der Waals surface area (Å²) in [5.74, 6) is -1.90. The van der Waals surface area contributed by atoms with Crippen LogP contribution in [0.1, 0.15) is 31.4 Å². The maximum Gasteiger partial charge on any atom is 0.251 e. The molecule has 2 rings (SSSR count). The zero-order valence-electron chi connectivity index (χ0n) is 11.0. The van der Waals surface area contributed by atoms with Gasteiger partial charge in [-0.15, -0.1) is 0 Å². The molecule has 3 nitrogen and oxygen atoms in total. The molecule has 0 bridgehead atoms. The summed E-state index contributed by atoms with van der Waals surface area (Å²) in [5, 5.41) is 0. The Morgan fingerprint density at radius 2 is 2.16 bits per heavy atom. The number of rotatable bonds is 3. The molecule has 1 aliphatic rings. The van der Waals surface area contributed by atoms with Crippen LogP contribution >= 0.6 is 0 Å². The van der Waals surface area contributed by atoms with Gasteiger partial charge in [-0.05, 0) is 37.5 Å². The van der Waals surface area contributed by atoms with Gasteiger partial charge in [0.15, 0.2) is 11.6 Å². The zero-order chi connectivity index (χ0) is 14.0. The van der Waals surface area contributed by atoms with E-state index in [9.17, 15) is 13.6 Å². The van der Waals surface area contributed by atoms with E-state index in [1.165, 1.54) is 11.0 Å². The molecule has 1 aliphatic heterocycles. The maximum absolute atomic E-state index is 13.2. The third kappa shape index (κ3) is 2.92. The maximum atomic E-state index is 13.2. The molecule has 1 fully saturated rings. The van der Waals surface area contributed by atoms with E-state index in [0.29, 0.717) is 18.6 Å². The van der Waals surface area contributed by atoms with Crippen molar-refractivity contribution in [2.24, 2.45) is 0 Å². The summed E-state index contributed by atoms with van der Waals surface area (Å²) in [7, 11) is 1.65. The first kappa shape index (κ1) is 13.9. The molecule has 2 atom stereocenters. The number of nitrogens with zero attached hydrogens (tertiary/aromatic N) is 1. The second kappa shape index (κ2) is 5.65. The molecular formula is C14H17F2NO2. The van der Waals surface area contributed by atoms with E-state index in [-0.39, 0.29) is 11.9 Å².